The Hall–Kier alpha value is -0.610. The minimum Gasteiger partial charge on any atom is -0.229 e. The van der Waals surface area contributed by atoms with E-state index in [0.717, 1.165) is 5.56 Å². The second kappa shape index (κ2) is 5.64. The smallest absolute Gasteiger partial charge is 0.147 e. The standard InChI is InChI=1S/C11H14ClFO2S/c1-16(14,15)7-6-10(8-12)9-2-4-11(13)5-3-9/h2-5,10H,6-8H2,1H3. The first kappa shape index (κ1) is 13.5. The summed E-state index contributed by atoms with van der Waals surface area (Å²) in [7, 11) is -2.98. The highest BCUT2D eigenvalue weighted by Gasteiger charge is 2.13. The van der Waals surface area contributed by atoms with Gasteiger partial charge in [-0.3, -0.25) is 0 Å². The molecule has 90 valence electrons. The van der Waals surface area contributed by atoms with Crippen molar-refractivity contribution in [2.24, 2.45) is 0 Å². The fraction of sp³-hybridized carbons (Fsp3) is 0.455. The Bertz CT molecular complexity index is 428. The Morgan fingerprint density at radius 3 is 2.31 bits per heavy atom. The van der Waals surface area contributed by atoms with Crippen molar-refractivity contribution in [3.63, 3.8) is 0 Å². The molecule has 1 aromatic carbocycles. The quantitative estimate of drug-likeness (QED) is 0.766. The summed E-state index contributed by atoms with van der Waals surface area (Å²) < 4.78 is 34.8. The maximum atomic E-state index is 12.7. The lowest BCUT2D eigenvalue weighted by Gasteiger charge is -2.13. The zero-order chi connectivity index (χ0) is 12.2. The molecule has 0 N–H and O–H groups in total. The van der Waals surface area contributed by atoms with Crippen molar-refractivity contribution >= 4 is 21.4 Å². The van der Waals surface area contributed by atoms with E-state index in [9.17, 15) is 12.8 Å². The van der Waals surface area contributed by atoms with Crippen molar-refractivity contribution < 1.29 is 12.8 Å². The zero-order valence-corrected chi connectivity index (χ0v) is 10.6. The lowest BCUT2D eigenvalue weighted by atomic mass is 9.99. The van der Waals surface area contributed by atoms with Crippen molar-refractivity contribution in [3.05, 3.63) is 35.6 Å². The van der Waals surface area contributed by atoms with Gasteiger partial charge in [0.05, 0.1) is 5.75 Å². The van der Waals surface area contributed by atoms with E-state index < -0.39 is 9.84 Å². The highest BCUT2D eigenvalue weighted by molar-refractivity contribution is 7.90. The number of halogens is 2. The first-order valence-electron chi connectivity index (χ1n) is 4.91. The van der Waals surface area contributed by atoms with E-state index >= 15 is 0 Å². The van der Waals surface area contributed by atoms with Gasteiger partial charge in [0.25, 0.3) is 0 Å². The van der Waals surface area contributed by atoms with Gasteiger partial charge in [-0.25, -0.2) is 12.8 Å². The predicted octanol–water partition coefficient (Wildman–Crippen LogP) is 2.58. The molecule has 0 radical (unpaired) electrons. The molecule has 0 fully saturated rings. The van der Waals surface area contributed by atoms with Gasteiger partial charge in [0.15, 0.2) is 0 Å². The van der Waals surface area contributed by atoms with E-state index in [0.29, 0.717) is 12.3 Å². The van der Waals surface area contributed by atoms with Crippen molar-refractivity contribution in [2.75, 3.05) is 17.9 Å². The molecule has 0 heterocycles. The number of alkyl halides is 1. The summed E-state index contributed by atoms with van der Waals surface area (Å²) in [5, 5.41) is 0. The molecule has 0 saturated heterocycles. The Morgan fingerprint density at radius 1 is 1.31 bits per heavy atom. The number of rotatable bonds is 5. The molecule has 2 nitrogen and oxygen atoms in total. The van der Waals surface area contributed by atoms with Crippen LogP contribution in [0.2, 0.25) is 0 Å². The van der Waals surface area contributed by atoms with Gasteiger partial charge >= 0.3 is 0 Å². The maximum Gasteiger partial charge on any atom is 0.147 e. The topological polar surface area (TPSA) is 34.1 Å². The van der Waals surface area contributed by atoms with Crippen LogP contribution in [0.3, 0.4) is 0 Å². The molecule has 0 bridgehead atoms. The summed E-state index contributed by atoms with van der Waals surface area (Å²) in [6.45, 7) is 0. The first-order chi connectivity index (χ1) is 7.42. The second-order valence-electron chi connectivity index (χ2n) is 3.82. The van der Waals surface area contributed by atoms with Crippen molar-refractivity contribution in [1.29, 1.82) is 0 Å². The Labute approximate surface area is 100 Å². The predicted molar refractivity (Wildman–Crippen MR) is 64.2 cm³/mol. The van der Waals surface area contributed by atoms with Crippen molar-refractivity contribution in [1.82, 2.24) is 0 Å². The summed E-state index contributed by atoms with van der Waals surface area (Å²) in [5.41, 5.74) is 0.875. The summed E-state index contributed by atoms with van der Waals surface area (Å²) in [5.74, 6) is 0.0836. The lowest BCUT2D eigenvalue weighted by Crippen LogP contribution is -2.10. The minimum absolute atomic E-state index is 0.0445. The molecule has 0 spiro atoms. The van der Waals surface area contributed by atoms with Crippen LogP contribution in [0.5, 0.6) is 0 Å². The molecule has 0 amide bonds. The molecule has 1 aromatic rings. The third kappa shape index (κ3) is 4.49. The fourth-order valence-electron chi connectivity index (χ4n) is 1.42. The molecule has 0 saturated carbocycles. The third-order valence-corrected chi connectivity index (χ3v) is 3.71. The number of hydrogen-bond donors (Lipinski definition) is 0. The highest BCUT2D eigenvalue weighted by atomic mass is 35.5. The molecule has 5 heteroatoms. The molecule has 1 unspecified atom stereocenters. The normalized spacial score (nSPS) is 13.7. The first-order valence-corrected chi connectivity index (χ1v) is 7.51. The van der Waals surface area contributed by atoms with Crippen LogP contribution in [0.4, 0.5) is 4.39 Å². The molecular weight excluding hydrogens is 251 g/mol. The van der Waals surface area contributed by atoms with Gasteiger partial charge < -0.3 is 0 Å². The number of hydrogen-bond acceptors (Lipinski definition) is 2. The largest absolute Gasteiger partial charge is 0.229 e. The van der Waals surface area contributed by atoms with Crippen molar-refractivity contribution in [3.8, 4) is 0 Å². The van der Waals surface area contributed by atoms with Crippen LogP contribution in [-0.4, -0.2) is 26.3 Å². The summed E-state index contributed by atoms with van der Waals surface area (Å²) in [4.78, 5) is 0. The summed E-state index contributed by atoms with van der Waals surface area (Å²) >= 11 is 5.78. The van der Waals surface area contributed by atoms with Crippen LogP contribution < -0.4 is 0 Å². The highest BCUT2D eigenvalue weighted by Crippen LogP contribution is 2.22. The number of benzene rings is 1. The van der Waals surface area contributed by atoms with Crippen molar-refractivity contribution in [2.45, 2.75) is 12.3 Å². The molecule has 0 aliphatic carbocycles. The number of sulfone groups is 1. The maximum absolute atomic E-state index is 12.7. The van der Waals surface area contributed by atoms with Crippen LogP contribution >= 0.6 is 11.6 Å². The van der Waals surface area contributed by atoms with Gasteiger partial charge in [0.1, 0.15) is 15.7 Å². The van der Waals surface area contributed by atoms with E-state index in [2.05, 4.69) is 0 Å². The van der Waals surface area contributed by atoms with E-state index in [1.165, 1.54) is 18.4 Å². The molecular formula is C11H14ClFO2S. The van der Waals surface area contributed by atoms with Gasteiger partial charge in [-0.15, -0.1) is 11.6 Å². The SMILES string of the molecule is CS(=O)(=O)CCC(CCl)c1ccc(F)cc1. The van der Waals surface area contributed by atoms with E-state index in [1.54, 1.807) is 12.1 Å². The van der Waals surface area contributed by atoms with E-state index in [1.807, 2.05) is 0 Å². The van der Waals surface area contributed by atoms with Crippen LogP contribution in [-0.2, 0) is 9.84 Å². The van der Waals surface area contributed by atoms with Crippen LogP contribution in [0.25, 0.3) is 0 Å². The molecule has 1 rings (SSSR count). The molecule has 0 aliphatic heterocycles. The monoisotopic (exact) mass is 264 g/mol. The van der Waals surface area contributed by atoms with E-state index in [4.69, 9.17) is 11.6 Å². The van der Waals surface area contributed by atoms with Crippen LogP contribution in [0.1, 0.15) is 17.9 Å². The van der Waals surface area contributed by atoms with Crippen LogP contribution in [0, 0.1) is 5.82 Å². The minimum atomic E-state index is -2.98. The molecule has 16 heavy (non-hydrogen) atoms. The third-order valence-electron chi connectivity index (χ3n) is 2.36. The van der Waals surface area contributed by atoms with Crippen LogP contribution in [0.15, 0.2) is 24.3 Å². The van der Waals surface area contributed by atoms with Gasteiger partial charge in [0.2, 0.25) is 0 Å². The average Bonchev–Trinajstić information content (AvgIpc) is 2.20. The Kier molecular flexibility index (Phi) is 4.74. The Morgan fingerprint density at radius 2 is 1.88 bits per heavy atom. The summed E-state index contributed by atoms with van der Waals surface area (Å²) in [6, 6.07) is 6.00. The molecule has 1 atom stereocenters. The lowest BCUT2D eigenvalue weighted by molar-refractivity contribution is 0.594. The summed E-state index contributed by atoms with van der Waals surface area (Å²) in [6.07, 6.45) is 1.66. The van der Waals surface area contributed by atoms with Gasteiger partial charge in [0, 0.05) is 12.1 Å². The van der Waals surface area contributed by atoms with E-state index in [-0.39, 0.29) is 17.5 Å². The molecule has 0 aromatic heterocycles. The zero-order valence-electron chi connectivity index (χ0n) is 8.99. The molecule has 0 aliphatic rings. The van der Waals surface area contributed by atoms with Gasteiger partial charge in [-0.2, -0.15) is 0 Å². The fourth-order valence-corrected chi connectivity index (χ4v) is 2.47. The Balaban J connectivity index is 2.71. The van der Waals surface area contributed by atoms with Gasteiger partial charge in [-0.05, 0) is 30.0 Å². The van der Waals surface area contributed by atoms with Gasteiger partial charge in [-0.1, -0.05) is 12.1 Å². The average molecular weight is 265 g/mol. The second-order valence-corrected chi connectivity index (χ2v) is 6.39.